The van der Waals surface area contributed by atoms with Gasteiger partial charge in [0, 0.05) is 62.3 Å². The topological polar surface area (TPSA) is 99.6 Å². The number of morpholine rings is 1. The zero-order chi connectivity index (χ0) is 36.6. The molecule has 0 amide bonds. The number of carboxylic acids is 1. The number of rotatable bonds is 4. The number of aromatic nitrogens is 5. The standard InChI is InChI=1S/C41H44ClFN6O4/c1-46-31-10-8-26-21-28-23-29(43)9-11-32(28)36(22-26)53-18-4-7-33-34-12-13-35(42)37(38-27(25-44-47(38)2)5-3-6-30(24-31)45-46)39(34)49(40(33)41(50)51)15-14-48-16-19-52-20-17-48/h9,11-13,21-25H,3-8,10,14-20H2,1-2H3,(H,50,51). The van der Waals surface area contributed by atoms with Crippen LogP contribution in [0.1, 0.15) is 51.4 Å². The summed E-state index contributed by atoms with van der Waals surface area (Å²) in [6.45, 7) is 4.42. The molecule has 5 heterocycles. The number of hydrogen-bond donors (Lipinski definition) is 1. The lowest BCUT2D eigenvalue weighted by molar-refractivity contribution is 0.0362. The fourth-order valence-corrected chi connectivity index (χ4v) is 8.46. The van der Waals surface area contributed by atoms with Gasteiger partial charge in [-0.05, 0) is 103 Å². The number of hydrogen-bond acceptors (Lipinski definition) is 6. The lowest BCUT2D eigenvalue weighted by atomic mass is 9.98. The van der Waals surface area contributed by atoms with E-state index in [0.717, 1.165) is 106 Å². The molecular formula is C41H44ClFN6O4. The van der Waals surface area contributed by atoms with E-state index in [1.165, 1.54) is 6.07 Å². The Bertz CT molecular complexity index is 2320. The summed E-state index contributed by atoms with van der Waals surface area (Å²) >= 11 is 7.14. The van der Waals surface area contributed by atoms with E-state index in [-0.39, 0.29) is 11.5 Å². The molecule has 12 heteroatoms. The molecule has 6 aromatic rings. The number of aromatic carboxylic acids is 1. The number of carbonyl (C=O) groups is 1. The van der Waals surface area contributed by atoms with Crippen LogP contribution in [-0.2, 0) is 57.5 Å². The van der Waals surface area contributed by atoms with Gasteiger partial charge < -0.3 is 19.1 Å². The molecule has 8 bridgehead atoms. The van der Waals surface area contributed by atoms with Gasteiger partial charge >= 0.3 is 5.97 Å². The summed E-state index contributed by atoms with van der Waals surface area (Å²) < 4.78 is 32.3. The number of aryl methyl sites for hydroxylation is 7. The molecule has 8 rings (SSSR count). The van der Waals surface area contributed by atoms with Gasteiger partial charge in [0.25, 0.3) is 0 Å². The Balaban J connectivity index is 1.25. The third kappa shape index (κ3) is 7.05. The first kappa shape index (κ1) is 35.3. The fraction of sp³-hybridized carbons (Fsp3) is 0.390. The van der Waals surface area contributed by atoms with Crippen molar-refractivity contribution in [1.29, 1.82) is 0 Å². The summed E-state index contributed by atoms with van der Waals surface area (Å²) in [4.78, 5) is 15.6. The van der Waals surface area contributed by atoms with Crippen LogP contribution in [0.15, 0.2) is 54.7 Å². The first-order chi connectivity index (χ1) is 25.7. The highest BCUT2D eigenvalue weighted by atomic mass is 35.5. The zero-order valence-electron chi connectivity index (χ0n) is 30.2. The van der Waals surface area contributed by atoms with Gasteiger partial charge in [0.2, 0.25) is 0 Å². The van der Waals surface area contributed by atoms with Crippen LogP contribution in [0.2, 0.25) is 5.02 Å². The Morgan fingerprint density at radius 1 is 0.906 bits per heavy atom. The van der Waals surface area contributed by atoms with E-state index in [1.807, 2.05) is 52.4 Å². The molecule has 10 nitrogen and oxygen atoms in total. The van der Waals surface area contributed by atoms with Crippen molar-refractivity contribution < 1.29 is 23.8 Å². The summed E-state index contributed by atoms with van der Waals surface area (Å²) in [5.41, 5.74) is 7.81. The molecule has 53 heavy (non-hydrogen) atoms. The lowest BCUT2D eigenvalue weighted by Crippen LogP contribution is -2.38. The van der Waals surface area contributed by atoms with E-state index < -0.39 is 5.97 Å². The first-order valence-corrected chi connectivity index (χ1v) is 18.9. The molecule has 2 aliphatic rings. The van der Waals surface area contributed by atoms with Crippen LogP contribution in [-0.4, -0.2) is 79.6 Å². The fourth-order valence-electron chi connectivity index (χ4n) is 8.21. The summed E-state index contributed by atoms with van der Waals surface area (Å²) in [7, 11) is 3.90. The van der Waals surface area contributed by atoms with Crippen molar-refractivity contribution in [2.24, 2.45) is 14.1 Å². The number of fused-ring (bicyclic) bond motifs is 8. The van der Waals surface area contributed by atoms with Crippen LogP contribution in [0.4, 0.5) is 4.39 Å². The summed E-state index contributed by atoms with van der Waals surface area (Å²) in [5.74, 6) is -0.576. The largest absolute Gasteiger partial charge is 0.493 e. The van der Waals surface area contributed by atoms with Gasteiger partial charge in [-0.1, -0.05) is 23.7 Å². The average Bonchev–Trinajstić information content (AvgIpc) is 3.79. The van der Waals surface area contributed by atoms with Crippen LogP contribution >= 0.6 is 11.6 Å². The number of carboxylic acid groups (broad SMARTS) is 1. The van der Waals surface area contributed by atoms with Crippen molar-refractivity contribution in [3.05, 3.63) is 99.3 Å². The third-order valence-electron chi connectivity index (χ3n) is 10.8. The SMILES string of the molecule is Cn1nc2cc1CCc1cc(c3ccc(F)cc3c1)OCCCc1c(C(=O)O)n(CCN3CCOCC3)c3c(c(Cl)ccc13)-c1c(cnn1C)CCC2. The van der Waals surface area contributed by atoms with Crippen molar-refractivity contribution >= 4 is 39.2 Å². The number of halogens is 2. The Kier molecular flexibility index (Phi) is 9.97. The molecule has 1 N–H and O–H groups in total. The Morgan fingerprint density at radius 2 is 1.74 bits per heavy atom. The van der Waals surface area contributed by atoms with Gasteiger partial charge in [0.1, 0.15) is 17.3 Å². The van der Waals surface area contributed by atoms with Crippen LogP contribution in [0.3, 0.4) is 0 Å². The van der Waals surface area contributed by atoms with Crippen LogP contribution in [0.25, 0.3) is 32.9 Å². The summed E-state index contributed by atoms with van der Waals surface area (Å²) in [6, 6.07) is 14.9. The van der Waals surface area contributed by atoms with Crippen molar-refractivity contribution in [3.8, 4) is 17.0 Å². The maximum absolute atomic E-state index is 14.4. The predicted octanol–water partition coefficient (Wildman–Crippen LogP) is 7.04. The smallest absolute Gasteiger partial charge is 0.352 e. The predicted molar refractivity (Wildman–Crippen MR) is 204 cm³/mol. The van der Waals surface area contributed by atoms with Crippen molar-refractivity contribution in [2.45, 2.75) is 51.5 Å². The second kappa shape index (κ2) is 15.0. The van der Waals surface area contributed by atoms with E-state index in [9.17, 15) is 14.3 Å². The van der Waals surface area contributed by atoms with E-state index >= 15 is 0 Å². The van der Waals surface area contributed by atoms with Crippen LogP contribution in [0, 0.1) is 5.82 Å². The molecule has 0 atom stereocenters. The minimum atomic E-state index is -0.976. The molecule has 0 aliphatic carbocycles. The molecule has 276 valence electrons. The number of benzene rings is 3. The summed E-state index contributed by atoms with van der Waals surface area (Å²) in [6.07, 6.45) is 6.88. The molecule has 0 saturated carbocycles. The monoisotopic (exact) mass is 738 g/mol. The van der Waals surface area contributed by atoms with Gasteiger partial charge in [-0.3, -0.25) is 14.3 Å². The van der Waals surface area contributed by atoms with Crippen molar-refractivity contribution in [3.63, 3.8) is 0 Å². The normalized spacial score (nSPS) is 16.1. The molecule has 1 saturated heterocycles. The first-order valence-electron chi connectivity index (χ1n) is 18.5. The minimum Gasteiger partial charge on any atom is -0.493 e. The minimum absolute atomic E-state index is 0.275. The van der Waals surface area contributed by atoms with Gasteiger partial charge in [-0.2, -0.15) is 10.2 Å². The Morgan fingerprint density at radius 3 is 2.57 bits per heavy atom. The highest BCUT2D eigenvalue weighted by Gasteiger charge is 2.28. The van der Waals surface area contributed by atoms with E-state index in [4.69, 9.17) is 31.3 Å². The molecule has 0 radical (unpaired) electrons. The van der Waals surface area contributed by atoms with E-state index in [1.54, 1.807) is 12.1 Å². The van der Waals surface area contributed by atoms with Crippen molar-refractivity contribution in [2.75, 3.05) is 39.5 Å². The Labute approximate surface area is 312 Å². The van der Waals surface area contributed by atoms with Gasteiger partial charge in [-0.25, -0.2) is 9.18 Å². The molecule has 0 spiro atoms. The van der Waals surface area contributed by atoms with Crippen LogP contribution in [0.5, 0.6) is 5.75 Å². The molecule has 1 fully saturated rings. The zero-order valence-corrected chi connectivity index (χ0v) is 31.0. The van der Waals surface area contributed by atoms with Gasteiger partial charge in [0.05, 0.1) is 47.9 Å². The second-order valence-electron chi connectivity index (χ2n) is 14.2. The van der Waals surface area contributed by atoms with Gasteiger partial charge in [-0.15, -0.1) is 0 Å². The molecular weight excluding hydrogens is 695 g/mol. The summed E-state index contributed by atoms with van der Waals surface area (Å²) in [5, 5.41) is 23.5. The molecule has 3 aromatic heterocycles. The lowest BCUT2D eigenvalue weighted by Gasteiger charge is -2.27. The maximum Gasteiger partial charge on any atom is 0.352 e. The molecule has 3 aromatic carbocycles. The average molecular weight is 739 g/mol. The molecule has 2 aliphatic heterocycles. The van der Waals surface area contributed by atoms with E-state index in [2.05, 4.69) is 17.0 Å². The Hall–Kier alpha value is -4.71. The highest BCUT2D eigenvalue weighted by molar-refractivity contribution is 6.35. The maximum atomic E-state index is 14.4. The van der Waals surface area contributed by atoms with Crippen molar-refractivity contribution in [1.82, 2.24) is 29.0 Å². The second-order valence-corrected chi connectivity index (χ2v) is 14.6. The van der Waals surface area contributed by atoms with Gasteiger partial charge in [0.15, 0.2) is 0 Å². The number of nitrogens with zero attached hydrogens (tertiary/aromatic N) is 6. The number of ether oxygens (including phenoxy) is 2. The third-order valence-corrected chi connectivity index (χ3v) is 11.1. The molecule has 0 unspecified atom stereocenters. The van der Waals surface area contributed by atoms with Crippen LogP contribution < -0.4 is 4.74 Å². The quantitative estimate of drug-likeness (QED) is 0.207. The van der Waals surface area contributed by atoms with E-state index in [0.29, 0.717) is 56.5 Å². The highest BCUT2D eigenvalue weighted by Crippen LogP contribution is 2.41.